The minimum Gasteiger partial charge on any atom is -0.384 e. The van der Waals surface area contributed by atoms with Gasteiger partial charge in [0, 0.05) is 34.9 Å². The van der Waals surface area contributed by atoms with Crippen LogP contribution in [0.15, 0.2) is 30.5 Å². The lowest BCUT2D eigenvalue weighted by molar-refractivity contribution is 0.578. The molecule has 102 valence electrons. The van der Waals surface area contributed by atoms with Gasteiger partial charge in [0.25, 0.3) is 0 Å². The average molecular weight is 278 g/mol. The molecule has 0 bridgehead atoms. The van der Waals surface area contributed by atoms with Crippen LogP contribution in [0.25, 0.3) is 10.9 Å². The Bertz CT molecular complexity index is 540. The molecule has 2 N–H and O–H groups in total. The molecule has 2 rings (SSSR count). The van der Waals surface area contributed by atoms with E-state index in [1.807, 2.05) is 30.5 Å². The number of anilines is 1. The molecule has 0 radical (unpaired) electrons. The van der Waals surface area contributed by atoms with Crippen LogP contribution in [-0.2, 0) is 0 Å². The second-order valence-corrected chi connectivity index (χ2v) is 5.35. The molecule has 1 heterocycles. The first-order chi connectivity index (χ1) is 9.16. The third-order valence-corrected chi connectivity index (χ3v) is 3.16. The summed E-state index contributed by atoms with van der Waals surface area (Å²) in [5.74, 6) is 0. The Balaban J connectivity index is 1.97. The normalized spacial score (nSPS) is 11.2. The van der Waals surface area contributed by atoms with Gasteiger partial charge in [0.05, 0.1) is 5.52 Å². The molecule has 0 aliphatic carbocycles. The number of hydrogen-bond donors (Lipinski definition) is 2. The van der Waals surface area contributed by atoms with E-state index in [2.05, 4.69) is 29.5 Å². The minimum atomic E-state index is 0.545. The zero-order valence-corrected chi connectivity index (χ0v) is 12.2. The summed E-state index contributed by atoms with van der Waals surface area (Å²) in [6.45, 7) is 6.29. The van der Waals surface area contributed by atoms with Gasteiger partial charge < -0.3 is 10.6 Å². The summed E-state index contributed by atoms with van der Waals surface area (Å²) in [7, 11) is 0. The van der Waals surface area contributed by atoms with Crippen LogP contribution >= 0.6 is 11.6 Å². The van der Waals surface area contributed by atoms with Crippen molar-refractivity contribution in [1.82, 2.24) is 10.3 Å². The fraction of sp³-hybridized carbons (Fsp3) is 0.400. The lowest BCUT2D eigenvalue weighted by Crippen LogP contribution is -2.25. The quantitative estimate of drug-likeness (QED) is 0.791. The predicted octanol–water partition coefficient (Wildman–Crippen LogP) is 3.69. The molecular formula is C15H20ClN3. The molecule has 19 heavy (non-hydrogen) atoms. The molecule has 2 aromatic rings. The third-order valence-electron chi connectivity index (χ3n) is 2.93. The van der Waals surface area contributed by atoms with Crippen molar-refractivity contribution in [2.45, 2.75) is 26.3 Å². The highest BCUT2D eigenvalue weighted by Gasteiger charge is 2.02. The van der Waals surface area contributed by atoms with E-state index >= 15 is 0 Å². The Hall–Kier alpha value is -1.32. The second kappa shape index (κ2) is 6.73. The van der Waals surface area contributed by atoms with Crippen LogP contribution in [0, 0.1) is 0 Å². The van der Waals surface area contributed by atoms with Gasteiger partial charge in [-0.3, -0.25) is 4.98 Å². The van der Waals surface area contributed by atoms with E-state index in [4.69, 9.17) is 11.6 Å². The molecule has 0 spiro atoms. The van der Waals surface area contributed by atoms with Crippen LogP contribution in [-0.4, -0.2) is 24.1 Å². The Morgan fingerprint density at radius 3 is 2.84 bits per heavy atom. The van der Waals surface area contributed by atoms with Crippen LogP contribution in [0.1, 0.15) is 20.3 Å². The van der Waals surface area contributed by atoms with Gasteiger partial charge in [-0.25, -0.2) is 0 Å². The molecule has 0 aliphatic heterocycles. The van der Waals surface area contributed by atoms with Crippen molar-refractivity contribution in [1.29, 1.82) is 0 Å². The van der Waals surface area contributed by atoms with Crippen LogP contribution < -0.4 is 10.6 Å². The maximum atomic E-state index is 5.98. The highest BCUT2D eigenvalue weighted by Crippen LogP contribution is 2.24. The van der Waals surface area contributed by atoms with Gasteiger partial charge >= 0.3 is 0 Å². The fourth-order valence-corrected chi connectivity index (χ4v) is 2.14. The molecule has 0 atom stereocenters. The first-order valence-electron chi connectivity index (χ1n) is 6.68. The summed E-state index contributed by atoms with van der Waals surface area (Å²) in [5, 5.41) is 8.70. The highest BCUT2D eigenvalue weighted by atomic mass is 35.5. The number of pyridine rings is 1. The molecule has 0 saturated carbocycles. The summed E-state index contributed by atoms with van der Waals surface area (Å²) in [5.41, 5.74) is 2.05. The van der Waals surface area contributed by atoms with E-state index in [-0.39, 0.29) is 0 Å². The van der Waals surface area contributed by atoms with Crippen LogP contribution in [0.5, 0.6) is 0 Å². The van der Waals surface area contributed by atoms with Crippen LogP contribution in [0.4, 0.5) is 5.69 Å². The third kappa shape index (κ3) is 4.08. The molecule has 0 aliphatic rings. The summed E-state index contributed by atoms with van der Waals surface area (Å²) in [6.07, 6.45) is 2.91. The predicted molar refractivity (Wildman–Crippen MR) is 83.0 cm³/mol. The molecule has 0 amide bonds. The number of nitrogens with zero attached hydrogens (tertiary/aromatic N) is 1. The lowest BCUT2D eigenvalue weighted by Gasteiger charge is -2.11. The molecule has 4 heteroatoms. The maximum Gasteiger partial charge on any atom is 0.0737 e. The van der Waals surface area contributed by atoms with Crippen molar-refractivity contribution in [3.63, 3.8) is 0 Å². The zero-order chi connectivity index (χ0) is 13.7. The van der Waals surface area contributed by atoms with E-state index in [0.717, 1.165) is 41.1 Å². The maximum absolute atomic E-state index is 5.98. The van der Waals surface area contributed by atoms with Gasteiger partial charge in [-0.15, -0.1) is 0 Å². The molecule has 1 aromatic heterocycles. The average Bonchev–Trinajstić information content (AvgIpc) is 2.37. The minimum absolute atomic E-state index is 0.545. The topological polar surface area (TPSA) is 37.0 Å². The van der Waals surface area contributed by atoms with Crippen LogP contribution in [0.3, 0.4) is 0 Å². The standard InChI is InChI=1S/C15H20ClN3/c1-11(2)17-7-3-8-18-14-6-9-19-15-10-12(16)4-5-13(14)15/h4-6,9-11,17H,3,7-8H2,1-2H3,(H,18,19). The summed E-state index contributed by atoms with van der Waals surface area (Å²) in [6, 6.07) is 8.36. The number of halogens is 1. The highest BCUT2D eigenvalue weighted by molar-refractivity contribution is 6.31. The van der Waals surface area contributed by atoms with E-state index in [0.29, 0.717) is 6.04 Å². The van der Waals surface area contributed by atoms with Crippen molar-refractivity contribution >= 4 is 28.2 Å². The van der Waals surface area contributed by atoms with E-state index < -0.39 is 0 Å². The van der Waals surface area contributed by atoms with Crippen LogP contribution in [0.2, 0.25) is 5.02 Å². The Morgan fingerprint density at radius 1 is 1.21 bits per heavy atom. The molecule has 1 aromatic carbocycles. The number of nitrogens with one attached hydrogen (secondary N) is 2. The molecule has 0 saturated heterocycles. The summed E-state index contributed by atoms with van der Waals surface area (Å²) in [4.78, 5) is 4.33. The van der Waals surface area contributed by atoms with Crippen molar-refractivity contribution in [2.24, 2.45) is 0 Å². The monoisotopic (exact) mass is 277 g/mol. The van der Waals surface area contributed by atoms with Crippen molar-refractivity contribution in [3.8, 4) is 0 Å². The Morgan fingerprint density at radius 2 is 2.05 bits per heavy atom. The van der Waals surface area contributed by atoms with Gasteiger partial charge in [-0.05, 0) is 37.2 Å². The Labute approximate surface area is 119 Å². The smallest absolute Gasteiger partial charge is 0.0737 e. The molecular weight excluding hydrogens is 258 g/mol. The number of fused-ring (bicyclic) bond motifs is 1. The number of hydrogen-bond acceptors (Lipinski definition) is 3. The van der Waals surface area contributed by atoms with E-state index in [1.54, 1.807) is 0 Å². The van der Waals surface area contributed by atoms with Gasteiger partial charge in [0.2, 0.25) is 0 Å². The summed E-state index contributed by atoms with van der Waals surface area (Å²) >= 11 is 5.98. The number of aromatic nitrogens is 1. The zero-order valence-electron chi connectivity index (χ0n) is 11.4. The summed E-state index contributed by atoms with van der Waals surface area (Å²) < 4.78 is 0. The van der Waals surface area contributed by atoms with Crippen molar-refractivity contribution in [2.75, 3.05) is 18.4 Å². The first-order valence-corrected chi connectivity index (χ1v) is 7.06. The van der Waals surface area contributed by atoms with E-state index in [1.165, 1.54) is 0 Å². The lowest BCUT2D eigenvalue weighted by atomic mass is 10.2. The molecule has 0 unspecified atom stereocenters. The number of rotatable bonds is 6. The second-order valence-electron chi connectivity index (χ2n) is 4.91. The van der Waals surface area contributed by atoms with E-state index in [9.17, 15) is 0 Å². The van der Waals surface area contributed by atoms with Crippen molar-refractivity contribution < 1.29 is 0 Å². The van der Waals surface area contributed by atoms with Gasteiger partial charge in [0.1, 0.15) is 0 Å². The SMILES string of the molecule is CC(C)NCCCNc1ccnc2cc(Cl)ccc12. The first kappa shape index (κ1) is 14.1. The molecule has 3 nitrogen and oxygen atoms in total. The molecule has 0 fully saturated rings. The van der Waals surface area contributed by atoms with Gasteiger partial charge in [-0.2, -0.15) is 0 Å². The Kier molecular flexibility index (Phi) is 5.00. The van der Waals surface area contributed by atoms with Gasteiger partial charge in [0.15, 0.2) is 0 Å². The van der Waals surface area contributed by atoms with Crippen molar-refractivity contribution in [3.05, 3.63) is 35.5 Å². The number of benzene rings is 1. The van der Waals surface area contributed by atoms with Gasteiger partial charge in [-0.1, -0.05) is 25.4 Å². The fourth-order valence-electron chi connectivity index (χ4n) is 1.98. The largest absolute Gasteiger partial charge is 0.384 e.